The summed E-state index contributed by atoms with van der Waals surface area (Å²) in [4.78, 5) is 10.0. The van der Waals surface area contributed by atoms with Crippen molar-refractivity contribution in [3.8, 4) is 0 Å². The molecule has 20 heavy (non-hydrogen) atoms. The predicted molar refractivity (Wildman–Crippen MR) is 74.9 cm³/mol. The fourth-order valence-electron chi connectivity index (χ4n) is 2.61. The van der Waals surface area contributed by atoms with E-state index in [4.69, 9.17) is 5.14 Å². The molecule has 0 amide bonds. The number of hydrogen-bond donors (Lipinski definition) is 2. The number of nitro groups is 1. The number of para-hydroxylation sites is 1. The molecule has 0 bridgehead atoms. The summed E-state index contributed by atoms with van der Waals surface area (Å²) < 4.78 is 22.9. The Labute approximate surface area is 117 Å². The topological polar surface area (TPSA) is 115 Å². The summed E-state index contributed by atoms with van der Waals surface area (Å²) in [6.07, 6.45) is 2.88. The van der Waals surface area contributed by atoms with Gasteiger partial charge in [-0.1, -0.05) is 13.0 Å². The summed E-state index contributed by atoms with van der Waals surface area (Å²) >= 11 is 0. The number of nitrogens with one attached hydrogen (secondary N) is 1. The molecule has 0 heterocycles. The van der Waals surface area contributed by atoms with E-state index in [-0.39, 0.29) is 11.7 Å². The third-order valence-electron chi connectivity index (χ3n) is 3.54. The Hall–Kier alpha value is -1.67. The average Bonchev–Trinajstić information content (AvgIpc) is 2.73. The number of rotatable bonds is 4. The van der Waals surface area contributed by atoms with Gasteiger partial charge in [-0.05, 0) is 37.3 Å². The van der Waals surface area contributed by atoms with Crippen molar-refractivity contribution >= 4 is 21.4 Å². The van der Waals surface area contributed by atoms with E-state index in [1.54, 1.807) is 0 Å². The maximum atomic E-state index is 11.4. The number of primary sulfonamides is 1. The fourth-order valence-corrected chi connectivity index (χ4v) is 3.34. The van der Waals surface area contributed by atoms with E-state index in [1.807, 2.05) is 0 Å². The van der Waals surface area contributed by atoms with Crippen molar-refractivity contribution in [1.29, 1.82) is 0 Å². The molecule has 1 saturated carbocycles. The molecule has 2 rings (SSSR count). The van der Waals surface area contributed by atoms with Crippen LogP contribution in [0.4, 0.5) is 11.4 Å². The van der Waals surface area contributed by atoms with Gasteiger partial charge in [0.25, 0.3) is 0 Å². The van der Waals surface area contributed by atoms with Crippen molar-refractivity contribution < 1.29 is 13.3 Å². The first-order valence-electron chi connectivity index (χ1n) is 6.35. The maximum Gasteiger partial charge on any atom is 0.312 e. The van der Waals surface area contributed by atoms with Crippen LogP contribution in [0.25, 0.3) is 0 Å². The normalized spacial score (nSPS) is 22.7. The van der Waals surface area contributed by atoms with Crippen LogP contribution in [0, 0.1) is 16.0 Å². The SMILES string of the molecule is CC1CCC(Nc2cccc(S(N)(=O)=O)c2[N+](=O)[O-])C1. The number of hydrogen-bond acceptors (Lipinski definition) is 5. The van der Waals surface area contributed by atoms with Gasteiger partial charge in [0.2, 0.25) is 10.0 Å². The first-order chi connectivity index (χ1) is 9.29. The molecule has 0 radical (unpaired) electrons. The lowest BCUT2D eigenvalue weighted by Crippen LogP contribution is -2.19. The van der Waals surface area contributed by atoms with E-state index in [1.165, 1.54) is 12.1 Å². The largest absolute Gasteiger partial charge is 0.377 e. The van der Waals surface area contributed by atoms with Crippen molar-refractivity contribution in [2.45, 2.75) is 37.1 Å². The Morgan fingerprint density at radius 1 is 1.40 bits per heavy atom. The predicted octanol–water partition coefficient (Wildman–Crippen LogP) is 1.84. The molecule has 8 heteroatoms. The number of nitrogens with zero attached hydrogens (tertiary/aromatic N) is 1. The third-order valence-corrected chi connectivity index (χ3v) is 4.49. The van der Waals surface area contributed by atoms with Crippen molar-refractivity contribution in [2.24, 2.45) is 11.1 Å². The Kier molecular flexibility index (Phi) is 3.96. The number of sulfonamides is 1. The van der Waals surface area contributed by atoms with Gasteiger partial charge < -0.3 is 5.32 Å². The lowest BCUT2D eigenvalue weighted by atomic mass is 10.1. The molecule has 3 N–H and O–H groups in total. The molecule has 1 fully saturated rings. The van der Waals surface area contributed by atoms with E-state index < -0.39 is 25.5 Å². The minimum atomic E-state index is -4.13. The molecular weight excluding hydrogens is 282 g/mol. The summed E-state index contributed by atoms with van der Waals surface area (Å²) in [7, 11) is -4.13. The molecule has 2 atom stereocenters. The summed E-state index contributed by atoms with van der Waals surface area (Å²) in [5, 5.41) is 19.3. The quantitative estimate of drug-likeness (QED) is 0.650. The van der Waals surface area contributed by atoms with Gasteiger partial charge in [-0.3, -0.25) is 10.1 Å². The van der Waals surface area contributed by atoms with Gasteiger partial charge >= 0.3 is 5.69 Å². The van der Waals surface area contributed by atoms with Gasteiger partial charge in [0.15, 0.2) is 4.90 Å². The summed E-state index contributed by atoms with van der Waals surface area (Å²) in [5.41, 5.74) is -0.268. The molecule has 0 saturated heterocycles. The van der Waals surface area contributed by atoms with E-state index in [0.29, 0.717) is 5.92 Å². The van der Waals surface area contributed by atoms with Gasteiger partial charge in [0.05, 0.1) is 4.92 Å². The minimum absolute atomic E-state index is 0.124. The first kappa shape index (κ1) is 14.7. The highest BCUT2D eigenvalue weighted by molar-refractivity contribution is 7.89. The molecule has 2 unspecified atom stereocenters. The number of nitro benzene ring substituents is 1. The highest BCUT2D eigenvalue weighted by Crippen LogP contribution is 2.34. The van der Waals surface area contributed by atoms with Crippen LogP contribution in [0.3, 0.4) is 0 Å². The zero-order valence-corrected chi connectivity index (χ0v) is 11.9. The monoisotopic (exact) mass is 299 g/mol. The molecule has 0 spiro atoms. The van der Waals surface area contributed by atoms with Gasteiger partial charge in [-0.25, -0.2) is 13.6 Å². The second-order valence-electron chi connectivity index (χ2n) is 5.21. The van der Waals surface area contributed by atoms with E-state index in [9.17, 15) is 18.5 Å². The Bertz CT molecular complexity index is 630. The molecule has 110 valence electrons. The van der Waals surface area contributed by atoms with Crippen LogP contribution in [0.5, 0.6) is 0 Å². The molecule has 1 aromatic carbocycles. The molecular formula is C12H17N3O4S. The Morgan fingerprint density at radius 2 is 2.10 bits per heavy atom. The van der Waals surface area contributed by atoms with Gasteiger partial charge in [0, 0.05) is 6.04 Å². The van der Waals surface area contributed by atoms with Gasteiger partial charge in [-0.15, -0.1) is 0 Å². The second kappa shape index (κ2) is 5.37. The van der Waals surface area contributed by atoms with Crippen LogP contribution < -0.4 is 10.5 Å². The Morgan fingerprint density at radius 3 is 2.60 bits per heavy atom. The molecule has 0 aliphatic heterocycles. The van der Waals surface area contributed by atoms with Crippen LogP contribution in [0.15, 0.2) is 23.1 Å². The molecule has 1 aliphatic rings. The van der Waals surface area contributed by atoms with E-state index >= 15 is 0 Å². The lowest BCUT2D eigenvalue weighted by Gasteiger charge is -2.15. The summed E-state index contributed by atoms with van der Waals surface area (Å²) in [6, 6.07) is 4.23. The standard InChI is InChI=1S/C12H17N3O4S/c1-8-5-6-9(7-8)14-10-3-2-4-11(20(13,18)19)12(10)15(16)17/h2-4,8-9,14H,5-7H2,1H3,(H2,13,18,19). The average molecular weight is 299 g/mol. The first-order valence-corrected chi connectivity index (χ1v) is 7.90. The van der Waals surface area contributed by atoms with Crippen LogP contribution in [0.1, 0.15) is 26.2 Å². The smallest absolute Gasteiger partial charge is 0.312 e. The Balaban J connectivity index is 2.40. The maximum absolute atomic E-state index is 11.4. The zero-order chi connectivity index (χ0) is 14.9. The summed E-state index contributed by atoms with van der Waals surface area (Å²) in [5.74, 6) is 0.563. The third kappa shape index (κ3) is 3.07. The number of nitrogens with two attached hydrogens (primary N) is 1. The van der Waals surface area contributed by atoms with Gasteiger partial charge in [0.1, 0.15) is 5.69 Å². The van der Waals surface area contributed by atoms with Crippen molar-refractivity contribution in [2.75, 3.05) is 5.32 Å². The number of anilines is 1. The van der Waals surface area contributed by atoms with Crippen LogP contribution in [0.2, 0.25) is 0 Å². The van der Waals surface area contributed by atoms with E-state index in [0.717, 1.165) is 25.3 Å². The van der Waals surface area contributed by atoms with Crippen molar-refractivity contribution in [3.05, 3.63) is 28.3 Å². The summed E-state index contributed by atoms with van der Waals surface area (Å²) in [6.45, 7) is 2.12. The zero-order valence-electron chi connectivity index (χ0n) is 11.1. The molecule has 7 nitrogen and oxygen atoms in total. The lowest BCUT2D eigenvalue weighted by molar-refractivity contribution is -0.386. The number of benzene rings is 1. The fraction of sp³-hybridized carbons (Fsp3) is 0.500. The highest BCUT2D eigenvalue weighted by atomic mass is 32.2. The van der Waals surface area contributed by atoms with Crippen LogP contribution in [-0.4, -0.2) is 19.4 Å². The molecule has 1 aliphatic carbocycles. The highest BCUT2D eigenvalue weighted by Gasteiger charge is 2.29. The van der Waals surface area contributed by atoms with Gasteiger partial charge in [-0.2, -0.15) is 0 Å². The van der Waals surface area contributed by atoms with Crippen molar-refractivity contribution in [1.82, 2.24) is 0 Å². The second-order valence-corrected chi connectivity index (χ2v) is 6.74. The van der Waals surface area contributed by atoms with E-state index in [2.05, 4.69) is 12.2 Å². The molecule has 0 aromatic heterocycles. The van der Waals surface area contributed by atoms with Crippen LogP contribution >= 0.6 is 0 Å². The minimum Gasteiger partial charge on any atom is -0.377 e. The molecule has 1 aromatic rings. The van der Waals surface area contributed by atoms with Crippen LogP contribution in [-0.2, 0) is 10.0 Å². The van der Waals surface area contributed by atoms with Crippen molar-refractivity contribution in [3.63, 3.8) is 0 Å².